The van der Waals surface area contributed by atoms with Gasteiger partial charge >= 0.3 is 0 Å². The molecule has 0 amide bonds. The summed E-state index contributed by atoms with van der Waals surface area (Å²) >= 11 is 0. The van der Waals surface area contributed by atoms with Crippen LogP contribution >= 0.6 is 0 Å². The topological polar surface area (TPSA) is 93.0 Å². The summed E-state index contributed by atoms with van der Waals surface area (Å²) < 4.78 is 0. The molecule has 3 atom stereocenters. The Bertz CT molecular complexity index is 112. The molecule has 0 heterocycles. The van der Waals surface area contributed by atoms with Crippen LogP contribution in [0.3, 0.4) is 0 Å². The first kappa shape index (κ1) is 11.8. The Labute approximate surface area is 71.7 Å². The minimum Gasteiger partial charge on any atom is -0.394 e. The largest absolute Gasteiger partial charge is 0.394 e. The lowest BCUT2D eigenvalue weighted by Crippen LogP contribution is -2.37. The number of rotatable bonds is 6. The molecule has 5 heteroatoms. The van der Waals surface area contributed by atoms with E-state index in [1.54, 1.807) is 7.05 Å². The summed E-state index contributed by atoms with van der Waals surface area (Å²) in [6.07, 6.45) is -2.89. The van der Waals surface area contributed by atoms with Crippen molar-refractivity contribution >= 4 is 0 Å². The van der Waals surface area contributed by atoms with Crippen LogP contribution in [0.2, 0.25) is 0 Å². The predicted molar refractivity (Wildman–Crippen MR) is 43.6 cm³/mol. The van der Waals surface area contributed by atoms with Gasteiger partial charge < -0.3 is 25.7 Å². The summed E-state index contributed by atoms with van der Waals surface area (Å²) in [4.78, 5) is 0. The van der Waals surface area contributed by atoms with E-state index in [0.717, 1.165) is 0 Å². The molecule has 0 aliphatic carbocycles. The van der Waals surface area contributed by atoms with E-state index in [0.29, 0.717) is 0 Å². The zero-order chi connectivity index (χ0) is 9.56. The lowest BCUT2D eigenvalue weighted by molar-refractivity contribution is -0.0217. The van der Waals surface area contributed by atoms with Crippen molar-refractivity contribution in [3.63, 3.8) is 0 Å². The highest BCUT2D eigenvalue weighted by molar-refractivity contribution is 4.71. The van der Waals surface area contributed by atoms with Gasteiger partial charge in [0.05, 0.1) is 24.9 Å². The molecule has 0 saturated carbocycles. The van der Waals surface area contributed by atoms with Crippen molar-refractivity contribution in [2.45, 2.75) is 24.7 Å². The van der Waals surface area contributed by atoms with E-state index < -0.39 is 24.9 Å². The Morgan fingerprint density at radius 2 is 1.75 bits per heavy atom. The molecule has 12 heavy (non-hydrogen) atoms. The summed E-state index contributed by atoms with van der Waals surface area (Å²) in [5.74, 6) is 0. The number of aliphatic hydroxyl groups is 4. The smallest absolute Gasteiger partial charge is 0.0923 e. The molecule has 0 aromatic rings. The van der Waals surface area contributed by atoms with Crippen molar-refractivity contribution in [3.05, 3.63) is 0 Å². The minimum absolute atomic E-state index is 0.0145. The van der Waals surface area contributed by atoms with Crippen molar-refractivity contribution in [1.29, 1.82) is 0 Å². The van der Waals surface area contributed by atoms with Crippen molar-refractivity contribution in [2.75, 3.05) is 20.2 Å². The third-order valence-electron chi connectivity index (χ3n) is 1.58. The molecule has 0 aliphatic heterocycles. The van der Waals surface area contributed by atoms with Crippen LogP contribution in [0.15, 0.2) is 0 Å². The fourth-order valence-corrected chi connectivity index (χ4v) is 0.856. The van der Waals surface area contributed by atoms with Crippen molar-refractivity contribution in [3.8, 4) is 0 Å². The van der Waals surface area contributed by atoms with Crippen LogP contribution in [-0.4, -0.2) is 58.9 Å². The van der Waals surface area contributed by atoms with E-state index in [4.69, 9.17) is 15.3 Å². The van der Waals surface area contributed by atoms with Crippen molar-refractivity contribution in [1.82, 2.24) is 5.32 Å². The quantitative estimate of drug-likeness (QED) is 0.315. The Hall–Kier alpha value is -0.200. The first-order chi connectivity index (χ1) is 5.61. The van der Waals surface area contributed by atoms with Crippen LogP contribution in [0.25, 0.3) is 0 Å². The van der Waals surface area contributed by atoms with E-state index in [2.05, 4.69) is 5.32 Å². The highest BCUT2D eigenvalue weighted by Gasteiger charge is 2.18. The van der Waals surface area contributed by atoms with E-state index >= 15 is 0 Å². The van der Waals surface area contributed by atoms with Crippen molar-refractivity contribution < 1.29 is 20.4 Å². The van der Waals surface area contributed by atoms with Gasteiger partial charge in [-0.05, 0) is 7.05 Å². The maximum Gasteiger partial charge on any atom is 0.0923 e. The van der Waals surface area contributed by atoms with Gasteiger partial charge in [-0.2, -0.15) is 0 Å². The zero-order valence-electron chi connectivity index (χ0n) is 7.14. The van der Waals surface area contributed by atoms with Gasteiger partial charge in [-0.1, -0.05) is 0 Å². The lowest BCUT2D eigenvalue weighted by Gasteiger charge is -2.19. The van der Waals surface area contributed by atoms with Gasteiger partial charge in [0, 0.05) is 13.0 Å². The number of hydrogen-bond donors (Lipinski definition) is 5. The molecule has 0 aliphatic rings. The van der Waals surface area contributed by atoms with Crippen LogP contribution in [0.5, 0.6) is 0 Å². The zero-order valence-corrected chi connectivity index (χ0v) is 7.14. The minimum atomic E-state index is -1.00. The molecular weight excluding hydrogens is 162 g/mol. The van der Waals surface area contributed by atoms with E-state index in [9.17, 15) is 5.11 Å². The number of likely N-dealkylation sites (N-methyl/N-ethyl adjacent to an activating group) is 1. The third kappa shape index (κ3) is 4.63. The van der Waals surface area contributed by atoms with Crippen LogP contribution < -0.4 is 5.32 Å². The summed E-state index contributed by atoms with van der Waals surface area (Å²) in [6, 6.07) is 0. The molecule has 0 aromatic carbocycles. The normalized spacial score (nSPS) is 18.8. The molecule has 5 nitrogen and oxygen atoms in total. The molecule has 0 spiro atoms. The molecule has 0 fully saturated rings. The molecule has 0 aromatic heterocycles. The monoisotopic (exact) mass is 179 g/mol. The van der Waals surface area contributed by atoms with E-state index in [1.165, 1.54) is 0 Å². The molecule has 0 saturated heterocycles. The van der Waals surface area contributed by atoms with E-state index in [-0.39, 0.29) is 13.0 Å². The Balaban J connectivity index is 3.62. The second kappa shape index (κ2) is 6.33. The molecule has 0 radical (unpaired) electrons. The highest BCUT2D eigenvalue weighted by Crippen LogP contribution is 2.02. The van der Waals surface area contributed by atoms with Gasteiger partial charge in [-0.3, -0.25) is 0 Å². The van der Waals surface area contributed by atoms with Crippen LogP contribution in [0, 0.1) is 0 Å². The third-order valence-corrected chi connectivity index (χ3v) is 1.58. The maximum absolute atomic E-state index is 9.19. The average molecular weight is 179 g/mol. The summed E-state index contributed by atoms with van der Waals surface area (Å²) in [5.41, 5.74) is 0. The van der Waals surface area contributed by atoms with Gasteiger partial charge in [0.1, 0.15) is 0 Å². The maximum atomic E-state index is 9.19. The fourth-order valence-electron chi connectivity index (χ4n) is 0.856. The molecule has 74 valence electrons. The van der Waals surface area contributed by atoms with Gasteiger partial charge in [-0.25, -0.2) is 0 Å². The molecule has 5 N–H and O–H groups in total. The van der Waals surface area contributed by atoms with Crippen molar-refractivity contribution in [2.24, 2.45) is 0 Å². The lowest BCUT2D eigenvalue weighted by atomic mass is 10.1. The summed E-state index contributed by atoms with van der Waals surface area (Å²) in [5, 5.41) is 38.4. The summed E-state index contributed by atoms with van der Waals surface area (Å²) in [6.45, 7) is -0.136. The van der Waals surface area contributed by atoms with E-state index in [1.807, 2.05) is 0 Å². The number of hydrogen-bond acceptors (Lipinski definition) is 5. The van der Waals surface area contributed by atoms with Gasteiger partial charge in [-0.15, -0.1) is 0 Å². The molecule has 0 rings (SSSR count). The Kier molecular flexibility index (Phi) is 6.23. The SMILES string of the molecule is CNC[C@H](O)[C@@H](O)C[C@H](O)CO. The first-order valence-electron chi connectivity index (χ1n) is 3.91. The standard InChI is InChI=1S/C7H17NO4/c1-8-3-7(12)6(11)2-5(10)4-9/h5-12H,2-4H2,1H3/t5-,6-,7-/m0/s1. The molecule has 0 unspecified atom stereocenters. The second-order valence-corrected chi connectivity index (χ2v) is 2.76. The number of aliphatic hydroxyl groups excluding tert-OH is 4. The van der Waals surface area contributed by atoms with Crippen LogP contribution in [0.4, 0.5) is 0 Å². The molecule has 0 bridgehead atoms. The Morgan fingerprint density at radius 1 is 1.17 bits per heavy atom. The Morgan fingerprint density at radius 3 is 2.17 bits per heavy atom. The van der Waals surface area contributed by atoms with Crippen LogP contribution in [-0.2, 0) is 0 Å². The second-order valence-electron chi connectivity index (χ2n) is 2.76. The van der Waals surface area contributed by atoms with Gasteiger partial charge in [0.2, 0.25) is 0 Å². The van der Waals surface area contributed by atoms with Crippen LogP contribution in [0.1, 0.15) is 6.42 Å². The first-order valence-corrected chi connectivity index (χ1v) is 3.91. The van der Waals surface area contributed by atoms with Gasteiger partial charge in [0.25, 0.3) is 0 Å². The highest BCUT2D eigenvalue weighted by atomic mass is 16.3. The van der Waals surface area contributed by atoms with Gasteiger partial charge in [0.15, 0.2) is 0 Å². The fraction of sp³-hybridized carbons (Fsp3) is 1.00. The summed E-state index contributed by atoms with van der Waals surface area (Å²) in [7, 11) is 1.65. The average Bonchev–Trinajstić information content (AvgIpc) is 2.04. The number of nitrogens with one attached hydrogen (secondary N) is 1. The molecular formula is C7H17NO4. The predicted octanol–water partition coefficient (Wildman–Crippen LogP) is -2.33.